The van der Waals surface area contributed by atoms with E-state index < -0.39 is 0 Å². The quantitative estimate of drug-likeness (QED) is 0.182. The van der Waals surface area contributed by atoms with Crippen molar-refractivity contribution in [2.75, 3.05) is 62.8 Å². The molecule has 0 saturated carbocycles. The Balaban J connectivity index is 1.15. The van der Waals surface area contributed by atoms with Gasteiger partial charge in [-0.25, -0.2) is 0 Å². The summed E-state index contributed by atoms with van der Waals surface area (Å²) in [5.41, 5.74) is 4.02. The highest BCUT2D eigenvalue weighted by atomic mass is 35.5. The smallest absolute Gasteiger partial charge is 0.318 e. The number of methoxy groups -OCH3 is 1. The largest absolute Gasteiger partial charge is 0.508 e. The molecule has 2 saturated heterocycles. The van der Waals surface area contributed by atoms with E-state index in [1.165, 1.54) is 19.3 Å². The Labute approximate surface area is 326 Å². The maximum atomic E-state index is 13.8. The van der Waals surface area contributed by atoms with Gasteiger partial charge in [-0.1, -0.05) is 56.3 Å². The molecule has 2 amide bonds. The second-order valence-corrected chi connectivity index (χ2v) is 15.1. The molecule has 0 aliphatic carbocycles. The van der Waals surface area contributed by atoms with Crippen LogP contribution in [0.1, 0.15) is 59.8 Å². The maximum Gasteiger partial charge on any atom is 0.318 e. The van der Waals surface area contributed by atoms with E-state index in [4.69, 9.17) is 31.0 Å². The van der Waals surface area contributed by atoms with Crippen molar-refractivity contribution in [2.24, 2.45) is 5.92 Å². The lowest BCUT2D eigenvalue weighted by molar-refractivity contribution is -0.128. The lowest BCUT2D eigenvalue weighted by atomic mass is 9.98. The Kier molecular flexibility index (Phi) is 11.0. The van der Waals surface area contributed by atoms with E-state index >= 15 is 0 Å². The summed E-state index contributed by atoms with van der Waals surface area (Å²) in [5.74, 6) is 0.946. The molecule has 0 bridgehead atoms. The van der Waals surface area contributed by atoms with Crippen molar-refractivity contribution in [3.63, 3.8) is 0 Å². The number of nitriles is 1. The molecule has 1 unspecified atom stereocenters. The fraction of sp³-hybridized carbons (Fsp3) is 0.405. The van der Waals surface area contributed by atoms with Crippen LogP contribution in [0.25, 0.3) is 10.8 Å². The van der Waals surface area contributed by atoms with Crippen LogP contribution in [0.2, 0.25) is 5.02 Å². The highest BCUT2D eigenvalue weighted by Crippen LogP contribution is 2.38. The van der Waals surface area contributed by atoms with E-state index in [1.54, 1.807) is 15.9 Å². The number of halogens is 1. The van der Waals surface area contributed by atoms with Gasteiger partial charge in [-0.15, -0.1) is 0 Å². The third kappa shape index (κ3) is 7.58. The highest BCUT2D eigenvalue weighted by molar-refractivity contribution is 6.36. The number of phenols is 1. The zero-order chi connectivity index (χ0) is 38.8. The number of carbonyl (C=O) groups is 2. The van der Waals surface area contributed by atoms with Crippen LogP contribution in [-0.4, -0.2) is 95.7 Å². The topological polar surface area (TPSA) is 135 Å². The number of anilines is 2. The van der Waals surface area contributed by atoms with E-state index in [2.05, 4.69) is 40.6 Å². The number of likely N-dealkylation sites (tertiary alicyclic amines) is 1. The monoisotopic (exact) mass is 763 g/mol. The normalized spacial score (nSPS) is 18.3. The van der Waals surface area contributed by atoms with Crippen LogP contribution in [0, 0.1) is 17.2 Å². The number of hydrogen-bond donors (Lipinski definition) is 1. The number of ether oxygens (including phenoxy) is 2. The second-order valence-electron chi connectivity index (χ2n) is 14.7. The number of amides is 2. The average Bonchev–Trinajstić information content (AvgIpc) is 3.68. The highest BCUT2D eigenvalue weighted by Gasteiger charge is 2.34. The minimum absolute atomic E-state index is 0.0337. The molecule has 55 heavy (non-hydrogen) atoms. The molecule has 3 aliphatic rings. The number of fused-ring (bicyclic) bond motifs is 2. The summed E-state index contributed by atoms with van der Waals surface area (Å²) >= 11 is 6.75. The van der Waals surface area contributed by atoms with E-state index in [0.717, 1.165) is 46.5 Å². The van der Waals surface area contributed by atoms with Gasteiger partial charge in [0.2, 0.25) is 5.91 Å². The van der Waals surface area contributed by atoms with E-state index in [9.17, 15) is 20.0 Å². The summed E-state index contributed by atoms with van der Waals surface area (Å²) in [7, 11) is 1.49. The second kappa shape index (κ2) is 16.1. The first-order chi connectivity index (χ1) is 26.6. The molecule has 4 heterocycles. The van der Waals surface area contributed by atoms with Crippen LogP contribution in [0.5, 0.6) is 17.5 Å². The Morgan fingerprint density at radius 2 is 1.89 bits per heavy atom. The predicted octanol–water partition coefficient (Wildman–Crippen LogP) is 6.34. The standard InChI is InChI=1S/C42H46ClN7O5/c1-5-38(52)50-19-18-48(23-29(50)12-15-44)40-30-14-17-47(35-11-7-9-28-8-6-10-33(43)39(28)35)24-34(30)45-42(46-40)55-25-27-13-16-49(22-27)41(53)32-20-31(26(2)3)36(51)21-37(32)54-4/h5-11,20-21,26-27,29,51H,1,12-14,16-19,22-25H2,2-4H3/t27?,29-/m0/s1. The van der Waals surface area contributed by atoms with Crippen molar-refractivity contribution < 1.29 is 24.2 Å². The lowest BCUT2D eigenvalue weighted by Gasteiger charge is -2.42. The van der Waals surface area contributed by atoms with E-state index in [1.807, 2.05) is 32.0 Å². The number of aromatic nitrogens is 2. The minimum atomic E-state index is -0.317. The van der Waals surface area contributed by atoms with Crippen molar-refractivity contribution in [2.45, 2.75) is 51.6 Å². The SMILES string of the molecule is C=CC(=O)N1CCN(c2nc(OCC3CCN(C(=O)c4cc(C(C)C)c(O)cc4OC)C3)nc3c2CCN(c2cccc4cccc(Cl)c24)C3)C[C@@H]1CC#N. The van der Waals surface area contributed by atoms with Crippen molar-refractivity contribution in [3.8, 4) is 23.6 Å². The number of piperazine rings is 1. The summed E-state index contributed by atoms with van der Waals surface area (Å²) in [6, 6.07) is 17.5. The van der Waals surface area contributed by atoms with Gasteiger partial charge in [-0.3, -0.25) is 9.59 Å². The molecule has 3 aliphatic heterocycles. The molecule has 0 radical (unpaired) electrons. The van der Waals surface area contributed by atoms with E-state index in [-0.39, 0.29) is 47.9 Å². The molecule has 2 atom stereocenters. The van der Waals surface area contributed by atoms with Gasteiger partial charge in [0.25, 0.3) is 5.91 Å². The number of aromatic hydroxyl groups is 1. The number of nitrogens with zero attached hydrogens (tertiary/aromatic N) is 7. The molecule has 7 rings (SSSR count). The van der Waals surface area contributed by atoms with Gasteiger partial charge < -0.3 is 34.2 Å². The molecule has 1 aromatic heterocycles. The summed E-state index contributed by atoms with van der Waals surface area (Å²) in [6.07, 6.45) is 2.91. The van der Waals surface area contributed by atoms with Crippen molar-refractivity contribution in [1.82, 2.24) is 19.8 Å². The molecular weight excluding hydrogens is 718 g/mol. The Bertz CT molecular complexity index is 2170. The van der Waals surface area contributed by atoms with Gasteiger partial charge in [0.1, 0.15) is 17.3 Å². The van der Waals surface area contributed by atoms with Crippen molar-refractivity contribution in [1.29, 1.82) is 5.26 Å². The molecule has 0 spiro atoms. The van der Waals surface area contributed by atoms with Crippen LogP contribution in [0.15, 0.2) is 61.2 Å². The van der Waals surface area contributed by atoms with Crippen molar-refractivity contribution in [3.05, 3.63) is 88.6 Å². The first kappa shape index (κ1) is 37.8. The maximum absolute atomic E-state index is 13.8. The third-order valence-electron chi connectivity index (χ3n) is 11.0. The van der Waals surface area contributed by atoms with Gasteiger partial charge in [0.15, 0.2) is 0 Å². The van der Waals surface area contributed by atoms with E-state index in [0.29, 0.717) is 74.2 Å². The van der Waals surface area contributed by atoms with Crippen LogP contribution >= 0.6 is 11.6 Å². The third-order valence-corrected chi connectivity index (χ3v) is 11.3. The van der Waals surface area contributed by atoms with Gasteiger partial charge in [0.05, 0.1) is 55.1 Å². The minimum Gasteiger partial charge on any atom is -0.508 e. The first-order valence-corrected chi connectivity index (χ1v) is 19.2. The van der Waals surface area contributed by atoms with Crippen LogP contribution < -0.4 is 19.3 Å². The number of rotatable bonds is 10. The number of carbonyl (C=O) groups excluding carboxylic acids is 2. The molecule has 286 valence electrons. The van der Waals surface area contributed by atoms with Crippen LogP contribution in [0.4, 0.5) is 11.5 Å². The van der Waals surface area contributed by atoms with Gasteiger partial charge in [-0.2, -0.15) is 15.2 Å². The van der Waals surface area contributed by atoms with Crippen molar-refractivity contribution >= 4 is 45.7 Å². The fourth-order valence-corrected chi connectivity index (χ4v) is 8.37. The summed E-state index contributed by atoms with van der Waals surface area (Å²) in [5, 5.41) is 22.9. The van der Waals surface area contributed by atoms with Gasteiger partial charge in [0, 0.05) is 67.9 Å². The lowest BCUT2D eigenvalue weighted by Crippen LogP contribution is -2.55. The zero-order valence-electron chi connectivity index (χ0n) is 31.5. The number of benzene rings is 3. The summed E-state index contributed by atoms with van der Waals surface area (Å²) in [4.78, 5) is 44.4. The Hall–Kier alpha value is -5.54. The van der Waals surface area contributed by atoms with Gasteiger partial charge >= 0.3 is 6.01 Å². The van der Waals surface area contributed by atoms with Crippen LogP contribution in [-0.2, 0) is 17.8 Å². The molecular formula is C42H46ClN7O5. The molecule has 4 aromatic rings. The zero-order valence-corrected chi connectivity index (χ0v) is 32.3. The molecule has 3 aromatic carbocycles. The first-order valence-electron chi connectivity index (χ1n) is 18.8. The Morgan fingerprint density at radius 3 is 2.64 bits per heavy atom. The fourth-order valence-electron chi connectivity index (χ4n) is 8.10. The molecule has 12 nitrogen and oxygen atoms in total. The molecule has 13 heteroatoms. The van der Waals surface area contributed by atoms with Crippen LogP contribution in [0.3, 0.4) is 0 Å². The molecule has 1 N–H and O–H groups in total. The molecule has 2 fully saturated rings. The number of hydrogen-bond acceptors (Lipinski definition) is 10. The summed E-state index contributed by atoms with van der Waals surface area (Å²) < 4.78 is 11.9. The Morgan fingerprint density at radius 1 is 1.09 bits per heavy atom. The predicted molar refractivity (Wildman–Crippen MR) is 212 cm³/mol. The summed E-state index contributed by atoms with van der Waals surface area (Å²) in [6.45, 7) is 11.6. The average molecular weight is 764 g/mol. The number of phenolic OH excluding ortho intramolecular Hbond substituents is 1. The van der Waals surface area contributed by atoms with Gasteiger partial charge in [-0.05, 0) is 54.0 Å².